The Morgan fingerprint density at radius 3 is 2.21 bits per heavy atom. The number of hydrogen-bond acceptors (Lipinski definition) is 2. The first-order chi connectivity index (χ1) is 8.96. The topological polar surface area (TPSA) is 69.6 Å². The van der Waals surface area contributed by atoms with Crippen molar-refractivity contribution in [1.82, 2.24) is 10.2 Å². The van der Waals surface area contributed by atoms with E-state index in [4.69, 9.17) is 0 Å². The van der Waals surface area contributed by atoms with Crippen LogP contribution < -0.4 is 5.32 Å². The van der Waals surface area contributed by atoms with E-state index in [1.807, 2.05) is 4.90 Å². The second kappa shape index (κ2) is 5.39. The SMILES string of the molecule is C[C@@H]1CCC[C@H](C)N1C(=O)NCC1(C(=O)O)CCC1. The third-order valence-electron chi connectivity index (χ3n) is 4.77. The van der Waals surface area contributed by atoms with Crippen molar-refractivity contribution in [2.24, 2.45) is 5.41 Å². The molecule has 0 aromatic heterocycles. The second-order valence-electron chi connectivity index (χ2n) is 6.13. The summed E-state index contributed by atoms with van der Waals surface area (Å²) in [6.45, 7) is 4.38. The van der Waals surface area contributed by atoms with Crippen LogP contribution in [0, 0.1) is 5.41 Å². The third kappa shape index (κ3) is 2.69. The standard InChI is InChI=1S/C14H24N2O3/c1-10-5-3-6-11(2)16(10)13(19)15-9-14(12(17)18)7-4-8-14/h10-11H,3-9H2,1-2H3,(H,15,19)(H,17,18)/t10-,11+. The van der Waals surface area contributed by atoms with Gasteiger partial charge in [-0.05, 0) is 46.0 Å². The van der Waals surface area contributed by atoms with E-state index in [9.17, 15) is 14.7 Å². The van der Waals surface area contributed by atoms with Crippen molar-refractivity contribution in [3.05, 3.63) is 0 Å². The van der Waals surface area contributed by atoms with Crippen LogP contribution in [0.5, 0.6) is 0 Å². The first kappa shape index (κ1) is 14.2. The van der Waals surface area contributed by atoms with Crippen molar-refractivity contribution in [1.29, 1.82) is 0 Å². The van der Waals surface area contributed by atoms with Crippen LogP contribution in [0.3, 0.4) is 0 Å². The van der Waals surface area contributed by atoms with Crippen LogP contribution in [-0.4, -0.2) is 40.6 Å². The van der Waals surface area contributed by atoms with E-state index in [-0.39, 0.29) is 24.7 Å². The third-order valence-corrected chi connectivity index (χ3v) is 4.77. The van der Waals surface area contributed by atoms with Gasteiger partial charge in [0, 0.05) is 18.6 Å². The quantitative estimate of drug-likeness (QED) is 0.824. The van der Waals surface area contributed by atoms with Gasteiger partial charge in [0.2, 0.25) is 0 Å². The van der Waals surface area contributed by atoms with Crippen molar-refractivity contribution in [3.63, 3.8) is 0 Å². The molecule has 2 N–H and O–H groups in total. The zero-order valence-electron chi connectivity index (χ0n) is 11.8. The van der Waals surface area contributed by atoms with Gasteiger partial charge in [-0.1, -0.05) is 6.42 Å². The molecule has 0 unspecified atom stereocenters. The summed E-state index contributed by atoms with van der Waals surface area (Å²) < 4.78 is 0. The fraction of sp³-hybridized carbons (Fsp3) is 0.857. The summed E-state index contributed by atoms with van der Waals surface area (Å²) in [5.74, 6) is -0.779. The highest BCUT2D eigenvalue weighted by Gasteiger charge is 2.45. The van der Waals surface area contributed by atoms with Crippen LogP contribution in [0.25, 0.3) is 0 Å². The van der Waals surface area contributed by atoms with Gasteiger partial charge in [-0.15, -0.1) is 0 Å². The number of aliphatic carboxylic acids is 1. The number of piperidine rings is 1. The smallest absolute Gasteiger partial charge is 0.317 e. The van der Waals surface area contributed by atoms with Crippen LogP contribution in [0.2, 0.25) is 0 Å². The molecule has 1 saturated carbocycles. The number of carboxylic acid groups (broad SMARTS) is 1. The molecule has 1 aliphatic heterocycles. The van der Waals surface area contributed by atoms with Gasteiger partial charge in [0.1, 0.15) is 0 Å². The Morgan fingerprint density at radius 2 is 1.79 bits per heavy atom. The number of hydrogen-bond donors (Lipinski definition) is 2. The normalized spacial score (nSPS) is 29.5. The number of carbonyl (C=O) groups is 2. The lowest BCUT2D eigenvalue weighted by Crippen LogP contribution is -2.55. The minimum Gasteiger partial charge on any atom is -0.481 e. The van der Waals surface area contributed by atoms with E-state index in [2.05, 4.69) is 19.2 Å². The average Bonchev–Trinajstić information content (AvgIpc) is 2.26. The number of carbonyl (C=O) groups excluding carboxylic acids is 1. The van der Waals surface area contributed by atoms with Crippen LogP contribution in [0.1, 0.15) is 52.4 Å². The van der Waals surface area contributed by atoms with E-state index in [1.54, 1.807) is 0 Å². The molecule has 1 heterocycles. The highest BCUT2D eigenvalue weighted by molar-refractivity contribution is 5.79. The maximum Gasteiger partial charge on any atom is 0.317 e. The van der Waals surface area contributed by atoms with E-state index in [0.29, 0.717) is 12.8 Å². The van der Waals surface area contributed by atoms with Gasteiger partial charge in [0.25, 0.3) is 0 Å². The van der Waals surface area contributed by atoms with Crippen molar-refractivity contribution in [2.45, 2.75) is 64.5 Å². The maximum absolute atomic E-state index is 12.3. The fourth-order valence-corrected chi connectivity index (χ4v) is 3.23. The van der Waals surface area contributed by atoms with Crippen LogP contribution >= 0.6 is 0 Å². The average molecular weight is 268 g/mol. The zero-order valence-corrected chi connectivity index (χ0v) is 11.8. The van der Waals surface area contributed by atoms with Crippen LogP contribution in [0.4, 0.5) is 4.79 Å². The minimum absolute atomic E-state index is 0.104. The van der Waals surface area contributed by atoms with Gasteiger partial charge in [-0.2, -0.15) is 0 Å². The molecule has 0 radical (unpaired) electrons. The highest BCUT2D eigenvalue weighted by atomic mass is 16.4. The van der Waals surface area contributed by atoms with E-state index < -0.39 is 11.4 Å². The number of nitrogens with one attached hydrogen (secondary N) is 1. The number of rotatable bonds is 3. The molecule has 2 amide bonds. The predicted molar refractivity (Wildman–Crippen MR) is 71.9 cm³/mol. The summed E-state index contributed by atoms with van der Waals surface area (Å²) in [5.41, 5.74) is -0.710. The number of carboxylic acids is 1. The van der Waals surface area contributed by atoms with Crippen molar-refractivity contribution in [3.8, 4) is 0 Å². The summed E-state index contributed by atoms with van der Waals surface area (Å²) in [6, 6.07) is 0.379. The summed E-state index contributed by atoms with van der Waals surface area (Å²) in [6.07, 6.45) is 5.51. The number of nitrogens with zero attached hydrogens (tertiary/aromatic N) is 1. The zero-order chi connectivity index (χ0) is 14.0. The summed E-state index contributed by atoms with van der Waals surface area (Å²) in [7, 11) is 0. The molecular formula is C14H24N2O3. The molecule has 0 aromatic rings. The molecule has 2 aliphatic rings. The molecule has 2 atom stereocenters. The Labute approximate surface area is 114 Å². The van der Waals surface area contributed by atoms with Crippen LogP contribution in [0.15, 0.2) is 0 Å². The molecule has 5 heteroatoms. The molecule has 108 valence electrons. The van der Waals surface area contributed by atoms with Gasteiger partial charge in [-0.3, -0.25) is 4.79 Å². The van der Waals surface area contributed by atoms with Gasteiger partial charge < -0.3 is 15.3 Å². The van der Waals surface area contributed by atoms with Crippen molar-refractivity contribution < 1.29 is 14.7 Å². The largest absolute Gasteiger partial charge is 0.481 e. The molecule has 2 rings (SSSR count). The lowest BCUT2D eigenvalue weighted by molar-refractivity contribution is -0.153. The lowest BCUT2D eigenvalue weighted by atomic mass is 9.69. The number of likely N-dealkylation sites (tertiary alicyclic amines) is 1. The lowest BCUT2D eigenvalue weighted by Gasteiger charge is -2.41. The summed E-state index contributed by atoms with van der Waals surface area (Å²) >= 11 is 0. The molecule has 0 aromatic carbocycles. The minimum atomic E-state index is -0.779. The molecule has 2 fully saturated rings. The Bertz CT molecular complexity index is 356. The summed E-state index contributed by atoms with van der Waals surface area (Å²) in [4.78, 5) is 25.4. The van der Waals surface area contributed by atoms with Gasteiger partial charge in [0.15, 0.2) is 0 Å². The fourth-order valence-electron chi connectivity index (χ4n) is 3.23. The molecule has 0 spiro atoms. The molecule has 1 saturated heterocycles. The number of amides is 2. The van der Waals surface area contributed by atoms with E-state index in [0.717, 1.165) is 25.7 Å². The monoisotopic (exact) mass is 268 g/mol. The Morgan fingerprint density at radius 1 is 1.21 bits per heavy atom. The van der Waals surface area contributed by atoms with Crippen molar-refractivity contribution in [2.75, 3.05) is 6.54 Å². The maximum atomic E-state index is 12.3. The molecule has 1 aliphatic carbocycles. The molecule has 5 nitrogen and oxygen atoms in total. The van der Waals surface area contributed by atoms with E-state index >= 15 is 0 Å². The first-order valence-corrected chi connectivity index (χ1v) is 7.26. The van der Waals surface area contributed by atoms with E-state index in [1.165, 1.54) is 0 Å². The van der Waals surface area contributed by atoms with Gasteiger partial charge in [0.05, 0.1) is 5.41 Å². The van der Waals surface area contributed by atoms with Gasteiger partial charge >= 0.3 is 12.0 Å². The predicted octanol–water partition coefficient (Wildman–Crippen LogP) is 2.21. The van der Waals surface area contributed by atoms with Crippen molar-refractivity contribution >= 4 is 12.0 Å². The Hall–Kier alpha value is -1.26. The van der Waals surface area contributed by atoms with Crippen LogP contribution in [-0.2, 0) is 4.79 Å². The highest BCUT2D eigenvalue weighted by Crippen LogP contribution is 2.40. The first-order valence-electron chi connectivity index (χ1n) is 7.26. The summed E-state index contributed by atoms with van der Waals surface area (Å²) in [5, 5.41) is 12.1. The Kier molecular flexibility index (Phi) is 4.02. The molecule has 19 heavy (non-hydrogen) atoms. The van der Waals surface area contributed by atoms with Gasteiger partial charge in [-0.25, -0.2) is 4.79 Å². The molecule has 0 bridgehead atoms. The number of urea groups is 1. The Balaban J connectivity index is 1.91. The second-order valence-corrected chi connectivity index (χ2v) is 6.13. The molecular weight excluding hydrogens is 244 g/mol.